The summed E-state index contributed by atoms with van der Waals surface area (Å²) in [5.74, 6) is 0.925. The van der Waals surface area contributed by atoms with Gasteiger partial charge in [0.15, 0.2) is 5.82 Å². The summed E-state index contributed by atoms with van der Waals surface area (Å²) < 4.78 is 6.89. The summed E-state index contributed by atoms with van der Waals surface area (Å²) in [6.45, 7) is 4.78. The molecule has 1 unspecified atom stereocenters. The van der Waals surface area contributed by atoms with E-state index in [9.17, 15) is 4.79 Å². The fraction of sp³-hybridized carbons (Fsp3) is 0.846. The van der Waals surface area contributed by atoms with Crippen molar-refractivity contribution in [2.24, 2.45) is 0 Å². The highest BCUT2D eigenvalue weighted by Gasteiger charge is 2.29. The molecule has 2 fully saturated rings. The van der Waals surface area contributed by atoms with E-state index in [4.69, 9.17) is 4.74 Å². The van der Waals surface area contributed by atoms with Crippen molar-refractivity contribution >= 4 is 6.09 Å². The maximum atomic E-state index is 11.5. The van der Waals surface area contributed by atoms with Crippen molar-refractivity contribution in [1.29, 1.82) is 0 Å². The number of nitrogens with one attached hydrogen (secondary N) is 1. The Bertz CT molecular complexity index is 487. The van der Waals surface area contributed by atoms with Crippen LogP contribution in [0.25, 0.3) is 0 Å². The molecular formula is C13H22N6O2. The average Bonchev–Trinajstić information content (AvgIpc) is 3.20. The average molecular weight is 294 g/mol. The Morgan fingerprint density at radius 2 is 2.29 bits per heavy atom. The van der Waals surface area contributed by atoms with E-state index in [-0.39, 0.29) is 12.1 Å². The zero-order chi connectivity index (χ0) is 14.7. The monoisotopic (exact) mass is 294 g/mol. The number of hydrogen-bond acceptors (Lipinski definition) is 6. The number of hydrogen-bond donors (Lipinski definition) is 1. The SMILES string of the molecule is CCOC(=O)NC1CCCN(Cc2nnnn2C2CC2)C1. The molecule has 0 aromatic carbocycles. The highest BCUT2D eigenvalue weighted by Crippen LogP contribution is 2.34. The number of likely N-dealkylation sites (tertiary alicyclic amines) is 1. The number of carbonyl (C=O) groups excluding carboxylic acids is 1. The molecule has 1 aliphatic carbocycles. The summed E-state index contributed by atoms with van der Waals surface area (Å²) in [6.07, 6.45) is 4.06. The van der Waals surface area contributed by atoms with Gasteiger partial charge in [-0.25, -0.2) is 9.48 Å². The van der Waals surface area contributed by atoms with Crippen molar-refractivity contribution in [2.75, 3.05) is 19.7 Å². The van der Waals surface area contributed by atoms with Crippen molar-refractivity contribution in [2.45, 2.75) is 51.2 Å². The van der Waals surface area contributed by atoms with Crippen LogP contribution in [0.2, 0.25) is 0 Å². The molecule has 1 N–H and O–H groups in total. The number of amides is 1. The van der Waals surface area contributed by atoms with Crippen LogP contribution >= 0.6 is 0 Å². The molecule has 21 heavy (non-hydrogen) atoms. The number of carbonyl (C=O) groups is 1. The summed E-state index contributed by atoms with van der Waals surface area (Å²) in [5.41, 5.74) is 0. The van der Waals surface area contributed by atoms with Gasteiger partial charge in [-0.15, -0.1) is 5.10 Å². The summed E-state index contributed by atoms with van der Waals surface area (Å²) in [5, 5.41) is 14.9. The Hall–Kier alpha value is -1.70. The molecule has 8 nitrogen and oxygen atoms in total. The molecule has 2 aliphatic rings. The first-order valence-corrected chi connectivity index (χ1v) is 7.68. The first-order valence-electron chi connectivity index (χ1n) is 7.68. The maximum Gasteiger partial charge on any atom is 0.407 e. The molecule has 1 amide bonds. The second-order valence-corrected chi connectivity index (χ2v) is 5.71. The zero-order valence-electron chi connectivity index (χ0n) is 12.4. The largest absolute Gasteiger partial charge is 0.450 e. The Morgan fingerprint density at radius 1 is 1.43 bits per heavy atom. The van der Waals surface area contributed by atoms with E-state index in [0.717, 1.165) is 38.3 Å². The zero-order valence-corrected chi connectivity index (χ0v) is 12.4. The molecule has 0 spiro atoms. The molecular weight excluding hydrogens is 272 g/mol. The van der Waals surface area contributed by atoms with Gasteiger partial charge in [0.25, 0.3) is 0 Å². The van der Waals surface area contributed by atoms with E-state index < -0.39 is 0 Å². The van der Waals surface area contributed by atoms with Gasteiger partial charge < -0.3 is 10.1 Å². The fourth-order valence-corrected chi connectivity index (χ4v) is 2.78. The molecule has 1 saturated carbocycles. The lowest BCUT2D eigenvalue weighted by Gasteiger charge is -2.32. The minimum atomic E-state index is -0.327. The summed E-state index contributed by atoms with van der Waals surface area (Å²) in [4.78, 5) is 13.8. The first kappa shape index (κ1) is 14.2. The number of aromatic nitrogens is 4. The second kappa shape index (κ2) is 6.38. The summed E-state index contributed by atoms with van der Waals surface area (Å²) >= 11 is 0. The van der Waals surface area contributed by atoms with Crippen LogP contribution in [-0.2, 0) is 11.3 Å². The van der Waals surface area contributed by atoms with Crippen LogP contribution in [0.4, 0.5) is 4.79 Å². The van der Waals surface area contributed by atoms with Crippen LogP contribution < -0.4 is 5.32 Å². The normalized spacial score (nSPS) is 23.0. The van der Waals surface area contributed by atoms with E-state index in [1.807, 2.05) is 11.6 Å². The van der Waals surface area contributed by atoms with E-state index in [1.165, 1.54) is 12.8 Å². The van der Waals surface area contributed by atoms with Crippen molar-refractivity contribution in [3.8, 4) is 0 Å². The van der Waals surface area contributed by atoms with Gasteiger partial charge in [-0.05, 0) is 49.6 Å². The van der Waals surface area contributed by atoms with Crippen LogP contribution in [0, 0.1) is 0 Å². The number of tetrazole rings is 1. The molecule has 116 valence electrons. The van der Waals surface area contributed by atoms with E-state index in [2.05, 4.69) is 25.7 Å². The molecule has 1 aromatic heterocycles. The number of alkyl carbamates (subject to hydrolysis) is 1. The molecule has 1 aliphatic heterocycles. The highest BCUT2D eigenvalue weighted by molar-refractivity contribution is 5.67. The number of ether oxygens (including phenoxy) is 1. The van der Waals surface area contributed by atoms with Gasteiger partial charge in [0.05, 0.1) is 19.2 Å². The molecule has 1 aromatic rings. The second-order valence-electron chi connectivity index (χ2n) is 5.71. The lowest BCUT2D eigenvalue weighted by atomic mass is 10.1. The van der Waals surface area contributed by atoms with Gasteiger partial charge in [0.1, 0.15) is 0 Å². The minimum absolute atomic E-state index is 0.142. The Kier molecular flexibility index (Phi) is 4.33. The molecule has 3 rings (SSSR count). The van der Waals surface area contributed by atoms with Crippen LogP contribution in [0.5, 0.6) is 0 Å². The van der Waals surface area contributed by atoms with E-state index >= 15 is 0 Å². The molecule has 0 radical (unpaired) electrons. The predicted octanol–water partition coefficient (Wildman–Crippen LogP) is 0.718. The van der Waals surface area contributed by atoms with Crippen molar-refractivity contribution in [3.63, 3.8) is 0 Å². The summed E-state index contributed by atoms with van der Waals surface area (Å²) in [7, 11) is 0. The third kappa shape index (κ3) is 3.69. The van der Waals surface area contributed by atoms with Gasteiger partial charge in [-0.2, -0.15) is 0 Å². The molecule has 2 heterocycles. The van der Waals surface area contributed by atoms with Gasteiger partial charge in [-0.3, -0.25) is 4.90 Å². The van der Waals surface area contributed by atoms with Crippen molar-refractivity contribution < 1.29 is 9.53 Å². The number of piperidine rings is 1. The molecule has 0 bridgehead atoms. The number of nitrogens with zero attached hydrogens (tertiary/aromatic N) is 5. The van der Waals surface area contributed by atoms with E-state index in [1.54, 1.807) is 0 Å². The Labute approximate surface area is 123 Å². The van der Waals surface area contributed by atoms with Crippen LogP contribution in [-0.4, -0.2) is 56.9 Å². The lowest BCUT2D eigenvalue weighted by Crippen LogP contribution is -2.47. The van der Waals surface area contributed by atoms with Gasteiger partial charge in [0.2, 0.25) is 0 Å². The van der Waals surface area contributed by atoms with Crippen molar-refractivity contribution in [3.05, 3.63) is 5.82 Å². The molecule has 8 heteroatoms. The first-order chi connectivity index (χ1) is 10.3. The Morgan fingerprint density at radius 3 is 3.05 bits per heavy atom. The predicted molar refractivity (Wildman–Crippen MR) is 74.5 cm³/mol. The van der Waals surface area contributed by atoms with Gasteiger partial charge >= 0.3 is 6.09 Å². The smallest absolute Gasteiger partial charge is 0.407 e. The number of rotatable bonds is 5. The standard InChI is InChI=1S/C13H22N6O2/c1-2-21-13(20)14-10-4-3-7-18(8-10)9-12-15-16-17-19(12)11-5-6-11/h10-11H,2-9H2,1H3,(H,14,20). The van der Waals surface area contributed by atoms with Crippen molar-refractivity contribution in [1.82, 2.24) is 30.4 Å². The maximum absolute atomic E-state index is 11.5. The minimum Gasteiger partial charge on any atom is -0.450 e. The highest BCUT2D eigenvalue weighted by atomic mass is 16.5. The van der Waals surface area contributed by atoms with Gasteiger partial charge in [-0.1, -0.05) is 0 Å². The quantitative estimate of drug-likeness (QED) is 0.861. The van der Waals surface area contributed by atoms with Gasteiger partial charge in [0, 0.05) is 12.6 Å². The lowest BCUT2D eigenvalue weighted by molar-refractivity contribution is 0.131. The third-order valence-corrected chi connectivity index (χ3v) is 3.92. The topological polar surface area (TPSA) is 85.2 Å². The fourth-order valence-electron chi connectivity index (χ4n) is 2.78. The van der Waals surface area contributed by atoms with Crippen LogP contribution in [0.15, 0.2) is 0 Å². The molecule has 1 atom stereocenters. The molecule has 1 saturated heterocycles. The van der Waals surface area contributed by atoms with E-state index in [0.29, 0.717) is 12.6 Å². The Balaban J connectivity index is 1.53. The van der Waals surface area contributed by atoms with Crippen LogP contribution in [0.1, 0.15) is 44.5 Å². The summed E-state index contributed by atoms with van der Waals surface area (Å²) in [6, 6.07) is 0.635. The van der Waals surface area contributed by atoms with Crippen LogP contribution in [0.3, 0.4) is 0 Å². The third-order valence-electron chi connectivity index (χ3n) is 3.92.